The van der Waals surface area contributed by atoms with E-state index in [-0.39, 0.29) is 16.5 Å². The van der Waals surface area contributed by atoms with Crippen molar-refractivity contribution in [1.29, 1.82) is 0 Å². The highest BCUT2D eigenvalue weighted by atomic mass is 35.5. The van der Waals surface area contributed by atoms with Gasteiger partial charge in [0.1, 0.15) is 5.75 Å². The Hall–Kier alpha value is -1.69. The first-order valence-corrected chi connectivity index (χ1v) is 5.28. The smallest absolute Gasteiger partial charge is 0.422 e. The minimum atomic E-state index is -4.38. The number of hydrogen-bond donors (Lipinski definition) is 1. The highest BCUT2D eigenvalue weighted by molar-refractivity contribution is 6.37. The van der Waals surface area contributed by atoms with Gasteiger partial charge in [0.25, 0.3) is 0 Å². The summed E-state index contributed by atoms with van der Waals surface area (Å²) in [6.45, 7) is -1.36. The van der Waals surface area contributed by atoms with E-state index in [1.54, 1.807) is 0 Å². The first-order valence-electron chi connectivity index (χ1n) is 4.90. The second-order valence-corrected chi connectivity index (χ2v) is 3.99. The molecular weight excluding hydrogens is 269 g/mol. The summed E-state index contributed by atoms with van der Waals surface area (Å²) in [5, 5.41) is 0.703. The topological polar surface area (TPSA) is 48.1 Å². The molecule has 2 aromatic rings. The lowest BCUT2D eigenvalue weighted by molar-refractivity contribution is -0.153. The number of ether oxygens (including phenoxy) is 1. The summed E-state index contributed by atoms with van der Waals surface area (Å²) >= 11 is 5.95. The maximum atomic E-state index is 12.0. The van der Waals surface area contributed by atoms with Crippen molar-refractivity contribution in [2.75, 3.05) is 12.3 Å². The van der Waals surface area contributed by atoms with Gasteiger partial charge in [-0.1, -0.05) is 11.6 Å². The third-order valence-electron chi connectivity index (χ3n) is 2.20. The number of anilines is 1. The Labute approximate surface area is 105 Å². The van der Waals surface area contributed by atoms with Crippen LogP contribution in [0.1, 0.15) is 0 Å². The summed E-state index contributed by atoms with van der Waals surface area (Å²) in [5.41, 5.74) is 6.36. The summed E-state index contributed by atoms with van der Waals surface area (Å²) in [7, 11) is 0. The average molecular weight is 277 g/mol. The van der Waals surface area contributed by atoms with Crippen molar-refractivity contribution in [3.63, 3.8) is 0 Å². The molecule has 1 aromatic heterocycles. The molecule has 0 unspecified atom stereocenters. The van der Waals surface area contributed by atoms with Crippen LogP contribution in [0.25, 0.3) is 10.9 Å². The zero-order valence-corrected chi connectivity index (χ0v) is 9.72. The quantitative estimate of drug-likeness (QED) is 0.914. The van der Waals surface area contributed by atoms with E-state index in [0.29, 0.717) is 10.9 Å². The van der Waals surface area contributed by atoms with Crippen LogP contribution in [-0.2, 0) is 0 Å². The molecule has 2 N–H and O–H groups in total. The average Bonchev–Trinajstić information content (AvgIpc) is 2.31. The Balaban J connectivity index is 2.35. The Morgan fingerprint density at radius 2 is 2.06 bits per heavy atom. The van der Waals surface area contributed by atoms with Crippen LogP contribution in [-0.4, -0.2) is 17.8 Å². The van der Waals surface area contributed by atoms with Crippen molar-refractivity contribution in [2.24, 2.45) is 0 Å². The van der Waals surface area contributed by atoms with E-state index in [1.165, 1.54) is 24.4 Å². The predicted molar refractivity (Wildman–Crippen MR) is 62.7 cm³/mol. The SMILES string of the molecule is Nc1cnc2ccc(OCC(F)(F)F)cc2c1Cl. The maximum Gasteiger partial charge on any atom is 0.422 e. The summed E-state index contributed by atoms with van der Waals surface area (Å²) in [6.07, 6.45) is -2.99. The van der Waals surface area contributed by atoms with Crippen molar-refractivity contribution < 1.29 is 17.9 Å². The highest BCUT2D eigenvalue weighted by Gasteiger charge is 2.28. The fraction of sp³-hybridized carbons (Fsp3) is 0.182. The molecule has 0 aliphatic rings. The van der Waals surface area contributed by atoms with Gasteiger partial charge in [0.05, 0.1) is 22.4 Å². The number of nitrogen functional groups attached to an aromatic ring is 1. The highest BCUT2D eigenvalue weighted by Crippen LogP contribution is 2.30. The van der Waals surface area contributed by atoms with Crippen molar-refractivity contribution in [3.8, 4) is 5.75 Å². The van der Waals surface area contributed by atoms with E-state index in [2.05, 4.69) is 9.72 Å². The van der Waals surface area contributed by atoms with E-state index in [9.17, 15) is 13.2 Å². The zero-order valence-electron chi connectivity index (χ0n) is 8.96. The van der Waals surface area contributed by atoms with Crippen LogP contribution in [0.15, 0.2) is 24.4 Å². The fourth-order valence-corrected chi connectivity index (χ4v) is 1.61. The molecule has 0 spiro atoms. The second kappa shape index (κ2) is 4.53. The van der Waals surface area contributed by atoms with E-state index >= 15 is 0 Å². The lowest BCUT2D eigenvalue weighted by Crippen LogP contribution is -2.19. The molecule has 0 saturated carbocycles. The number of aromatic nitrogens is 1. The third kappa shape index (κ3) is 2.76. The summed E-state index contributed by atoms with van der Waals surface area (Å²) < 4.78 is 40.7. The van der Waals surface area contributed by atoms with Crippen LogP contribution in [0.5, 0.6) is 5.75 Å². The molecule has 1 aromatic carbocycles. The molecule has 0 atom stereocenters. The molecule has 0 fully saturated rings. The van der Waals surface area contributed by atoms with Crippen LogP contribution in [0, 0.1) is 0 Å². The summed E-state index contributed by atoms with van der Waals surface area (Å²) in [5.74, 6) is 0.0640. The van der Waals surface area contributed by atoms with Gasteiger partial charge in [0.15, 0.2) is 6.61 Å². The lowest BCUT2D eigenvalue weighted by atomic mass is 10.2. The van der Waals surface area contributed by atoms with E-state index in [0.717, 1.165) is 0 Å². The number of nitrogens with two attached hydrogens (primary N) is 1. The third-order valence-corrected chi connectivity index (χ3v) is 2.62. The molecular formula is C11H8ClF3N2O. The monoisotopic (exact) mass is 276 g/mol. The van der Waals surface area contributed by atoms with Gasteiger partial charge in [-0.2, -0.15) is 13.2 Å². The van der Waals surface area contributed by atoms with E-state index in [1.807, 2.05) is 0 Å². The van der Waals surface area contributed by atoms with Crippen molar-refractivity contribution in [3.05, 3.63) is 29.4 Å². The molecule has 0 aliphatic carbocycles. The number of halogens is 4. The van der Waals surface area contributed by atoms with Gasteiger partial charge in [-0.25, -0.2) is 0 Å². The van der Waals surface area contributed by atoms with Gasteiger partial charge in [0.2, 0.25) is 0 Å². The maximum absolute atomic E-state index is 12.0. The number of hydrogen-bond acceptors (Lipinski definition) is 3. The molecule has 0 amide bonds. The second-order valence-electron chi connectivity index (χ2n) is 3.61. The molecule has 7 heteroatoms. The fourth-order valence-electron chi connectivity index (χ4n) is 1.41. The van der Waals surface area contributed by atoms with Crippen LogP contribution in [0.4, 0.5) is 18.9 Å². The number of nitrogens with zero attached hydrogens (tertiary/aromatic N) is 1. The molecule has 0 aliphatic heterocycles. The van der Waals surface area contributed by atoms with Crippen LogP contribution < -0.4 is 10.5 Å². The standard InChI is InChI=1S/C11H8ClF3N2O/c12-10-7-3-6(18-5-11(13,14)15)1-2-9(7)17-4-8(10)16/h1-4H,5,16H2. The Bertz CT molecular complexity index is 586. The normalized spacial score (nSPS) is 11.8. The van der Waals surface area contributed by atoms with E-state index in [4.69, 9.17) is 17.3 Å². The van der Waals surface area contributed by atoms with Crippen molar-refractivity contribution in [2.45, 2.75) is 6.18 Å². The number of pyridine rings is 1. The van der Waals surface area contributed by atoms with Gasteiger partial charge in [-0.05, 0) is 18.2 Å². The van der Waals surface area contributed by atoms with Gasteiger partial charge in [0, 0.05) is 5.39 Å². The minimum Gasteiger partial charge on any atom is -0.484 e. The van der Waals surface area contributed by atoms with Crippen LogP contribution in [0.2, 0.25) is 5.02 Å². The predicted octanol–water partition coefficient (Wildman–Crippen LogP) is 3.41. The molecule has 0 radical (unpaired) electrons. The number of rotatable bonds is 2. The number of fused-ring (bicyclic) bond motifs is 1. The molecule has 0 saturated heterocycles. The molecule has 0 bridgehead atoms. The summed E-state index contributed by atoms with van der Waals surface area (Å²) in [6, 6.07) is 4.30. The lowest BCUT2D eigenvalue weighted by Gasteiger charge is -2.10. The summed E-state index contributed by atoms with van der Waals surface area (Å²) in [4.78, 5) is 4.00. The molecule has 2 rings (SSSR count). The van der Waals surface area contributed by atoms with Crippen molar-refractivity contribution in [1.82, 2.24) is 4.98 Å². The Morgan fingerprint density at radius 3 is 2.72 bits per heavy atom. The molecule has 1 heterocycles. The first-order chi connectivity index (χ1) is 8.37. The van der Waals surface area contributed by atoms with Gasteiger partial charge >= 0.3 is 6.18 Å². The number of benzene rings is 1. The van der Waals surface area contributed by atoms with Crippen LogP contribution in [0.3, 0.4) is 0 Å². The molecule has 18 heavy (non-hydrogen) atoms. The minimum absolute atomic E-state index is 0.0640. The van der Waals surface area contributed by atoms with Gasteiger partial charge in [-0.3, -0.25) is 4.98 Å². The molecule has 3 nitrogen and oxygen atoms in total. The van der Waals surface area contributed by atoms with Crippen molar-refractivity contribution >= 4 is 28.2 Å². The number of alkyl halides is 3. The van der Waals surface area contributed by atoms with Gasteiger partial charge in [-0.15, -0.1) is 0 Å². The zero-order chi connectivity index (χ0) is 13.3. The first kappa shape index (κ1) is 12.8. The van der Waals surface area contributed by atoms with E-state index < -0.39 is 12.8 Å². The Morgan fingerprint density at radius 1 is 1.33 bits per heavy atom. The largest absolute Gasteiger partial charge is 0.484 e. The molecule has 96 valence electrons. The van der Waals surface area contributed by atoms with Gasteiger partial charge < -0.3 is 10.5 Å². The Kier molecular flexibility index (Phi) is 3.21. The van der Waals surface area contributed by atoms with Crippen LogP contribution >= 0.6 is 11.6 Å².